The average molecular weight is 287 g/mol. The molecule has 0 radical (unpaired) electrons. The Morgan fingerprint density at radius 3 is 2.62 bits per heavy atom. The number of furan rings is 1. The number of hydrogen-bond acceptors (Lipinski definition) is 2. The topological polar surface area (TPSA) is 25.2 Å². The van der Waals surface area contributed by atoms with Crippen LogP contribution >= 0.6 is 0 Å². The van der Waals surface area contributed by atoms with E-state index in [9.17, 15) is 8.78 Å². The molecule has 0 aliphatic carbocycles. The van der Waals surface area contributed by atoms with Crippen LogP contribution in [0.3, 0.4) is 0 Å². The molecule has 4 heteroatoms. The second-order valence-corrected chi connectivity index (χ2v) is 4.97. The number of halogens is 2. The van der Waals surface area contributed by atoms with E-state index in [1.165, 1.54) is 12.1 Å². The monoisotopic (exact) mass is 287 g/mol. The Morgan fingerprint density at radius 1 is 1.10 bits per heavy atom. The van der Waals surface area contributed by atoms with Crippen LogP contribution in [0.4, 0.5) is 8.78 Å². The highest BCUT2D eigenvalue weighted by Gasteiger charge is 2.17. The summed E-state index contributed by atoms with van der Waals surface area (Å²) < 4.78 is 32.5. The second-order valence-electron chi connectivity index (χ2n) is 4.97. The molecule has 1 atom stereocenters. The van der Waals surface area contributed by atoms with Gasteiger partial charge in [-0.25, -0.2) is 8.78 Å². The summed E-state index contributed by atoms with van der Waals surface area (Å²) in [5, 5.41) is 4.12. The molecule has 0 fully saturated rings. The normalized spacial score (nSPS) is 12.7. The van der Waals surface area contributed by atoms with Gasteiger partial charge in [-0.15, -0.1) is 0 Å². The van der Waals surface area contributed by atoms with Gasteiger partial charge in [-0.2, -0.15) is 0 Å². The molecule has 0 amide bonds. The quantitative estimate of drug-likeness (QED) is 0.777. The molecular weight excluding hydrogens is 272 g/mol. The third kappa shape index (κ3) is 2.81. The number of hydrogen-bond donors (Lipinski definition) is 1. The van der Waals surface area contributed by atoms with E-state index in [0.29, 0.717) is 12.0 Å². The molecule has 0 saturated heterocycles. The number of fused-ring (bicyclic) bond motifs is 1. The minimum atomic E-state index is -0.569. The van der Waals surface area contributed by atoms with Crippen molar-refractivity contribution in [2.45, 2.75) is 12.5 Å². The largest absolute Gasteiger partial charge is 0.459 e. The minimum Gasteiger partial charge on any atom is -0.459 e. The van der Waals surface area contributed by atoms with Gasteiger partial charge in [0.15, 0.2) is 0 Å². The van der Waals surface area contributed by atoms with Gasteiger partial charge in [0.05, 0.1) is 6.04 Å². The third-order valence-corrected chi connectivity index (χ3v) is 3.58. The fourth-order valence-electron chi connectivity index (χ4n) is 2.43. The molecule has 3 rings (SSSR count). The van der Waals surface area contributed by atoms with Crippen LogP contribution in [0, 0.1) is 11.6 Å². The van der Waals surface area contributed by atoms with Crippen LogP contribution in [0.1, 0.15) is 17.4 Å². The van der Waals surface area contributed by atoms with Crippen molar-refractivity contribution in [3.8, 4) is 0 Å². The molecule has 0 aliphatic rings. The number of benzene rings is 2. The summed E-state index contributed by atoms with van der Waals surface area (Å²) in [4.78, 5) is 0. The first-order chi connectivity index (χ1) is 10.2. The van der Waals surface area contributed by atoms with Crippen molar-refractivity contribution in [2.75, 3.05) is 7.05 Å². The van der Waals surface area contributed by atoms with Crippen molar-refractivity contribution >= 4 is 11.0 Å². The van der Waals surface area contributed by atoms with Crippen LogP contribution in [-0.2, 0) is 6.42 Å². The van der Waals surface area contributed by atoms with Crippen molar-refractivity contribution in [2.24, 2.45) is 0 Å². The van der Waals surface area contributed by atoms with Gasteiger partial charge >= 0.3 is 0 Å². The molecule has 0 bridgehead atoms. The van der Waals surface area contributed by atoms with Crippen molar-refractivity contribution in [3.05, 3.63) is 71.5 Å². The van der Waals surface area contributed by atoms with Gasteiger partial charge in [0, 0.05) is 11.5 Å². The van der Waals surface area contributed by atoms with Crippen molar-refractivity contribution in [1.29, 1.82) is 0 Å². The molecule has 0 spiro atoms. The highest BCUT2D eigenvalue weighted by Crippen LogP contribution is 2.26. The molecule has 1 N–H and O–H groups in total. The van der Waals surface area contributed by atoms with Gasteiger partial charge < -0.3 is 9.73 Å². The fraction of sp³-hybridized carbons (Fsp3) is 0.176. The van der Waals surface area contributed by atoms with E-state index in [4.69, 9.17) is 4.42 Å². The summed E-state index contributed by atoms with van der Waals surface area (Å²) in [6.45, 7) is 0. The maximum absolute atomic E-state index is 13.8. The first kappa shape index (κ1) is 13.8. The van der Waals surface area contributed by atoms with E-state index in [0.717, 1.165) is 22.8 Å². The smallest absolute Gasteiger partial charge is 0.134 e. The van der Waals surface area contributed by atoms with Gasteiger partial charge in [0.2, 0.25) is 0 Å². The van der Waals surface area contributed by atoms with Gasteiger partial charge in [0.1, 0.15) is 23.0 Å². The Kier molecular flexibility index (Phi) is 3.71. The third-order valence-electron chi connectivity index (χ3n) is 3.58. The molecule has 1 aromatic heterocycles. The number of likely N-dealkylation sites (N-methyl/N-ethyl adjacent to an activating group) is 1. The second kappa shape index (κ2) is 5.66. The summed E-state index contributed by atoms with van der Waals surface area (Å²) in [7, 11) is 1.79. The maximum Gasteiger partial charge on any atom is 0.134 e. The fourth-order valence-corrected chi connectivity index (χ4v) is 2.43. The average Bonchev–Trinajstić information content (AvgIpc) is 2.90. The number of para-hydroxylation sites is 1. The van der Waals surface area contributed by atoms with Crippen LogP contribution in [0.5, 0.6) is 0 Å². The van der Waals surface area contributed by atoms with Crippen molar-refractivity contribution < 1.29 is 13.2 Å². The van der Waals surface area contributed by atoms with Gasteiger partial charge in [-0.3, -0.25) is 0 Å². The zero-order valence-corrected chi connectivity index (χ0v) is 11.6. The van der Waals surface area contributed by atoms with Crippen LogP contribution in [0.2, 0.25) is 0 Å². The van der Waals surface area contributed by atoms with Gasteiger partial charge in [-0.05, 0) is 37.2 Å². The molecule has 108 valence electrons. The molecule has 0 aliphatic heterocycles. The molecule has 1 heterocycles. The van der Waals surface area contributed by atoms with E-state index >= 15 is 0 Å². The number of rotatable bonds is 4. The van der Waals surface area contributed by atoms with Crippen molar-refractivity contribution in [3.63, 3.8) is 0 Å². The molecule has 1 unspecified atom stereocenters. The first-order valence-corrected chi connectivity index (χ1v) is 6.77. The lowest BCUT2D eigenvalue weighted by atomic mass is 10.0. The molecule has 3 aromatic rings. The first-order valence-electron chi connectivity index (χ1n) is 6.77. The summed E-state index contributed by atoms with van der Waals surface area (Å²) in [5.41, 5.74) is 1.25. The van der Waals surface area contributed by atoms with Crippen molar-refractivity contribution in [1.82, 2.24) is 5.32 Å². The zero-order valence-electron chi connectivity index (χ0n) is 11.6. The highest BCUT2D eigenvalue weighted by atomic mass is 19.1. The zero-order chi connectivity index (χ0) is 14.8. The molecule has 0 saturated carbocycles. The van der Waals surface area contributed by atoms with E-state index in [1.54, 1.807) is 7.05 Å². The molecule has 2 nitrogen and oxygen atoms in total. The predicted molar refractivity (Wildman–Crippen MR) is 78.1 cm³/mol. The van der Waals surface area contributed by atoms with Crippen LogP contribution < -0.4 is 5.32 Å². The summed E-state index contributed by atoms with van der Waals surface area (Å²) in [5.74, 6) is -0.366. The standard InChI is InChI=1S/C17H15F2NO/c1-20-15(8-11-6-7-13(18)10-14(11)19)17-9-12-4-2-3-5-16(12)21-17/h2-7,9-10,15,20H,8H2,1H3. The van der Waals surface area contributed by atoms with E-state index in [-0.39, 0.29) is 6.04 Å². The SMILES string of the molecule is CNC(Cc1ccc(F)cc1F)c1cc2ccccc2o1. The van der Waals surface area contributed by atoms with Gasteiger partial charge in [-0.1, -0.05) is 24.3 Å². The summed E-state index contributed by atoms with van der Waals surface area (Å²) >= 11 is 0. The Labute approximate surface area is 121 Å². The Hall–Kier alpha value is -2.20. The van der Waals surface area contributed by atoms with E-state index < -0.39 is 11.6 Å². The Bertz CT molecular complexity index is 733. The van der Waals surface area contributed by atoms with Crippen LogP contribution in [0.15, 0.2) is 52.9 Å². The Balaban J connectivity index is 1.90. The molecule has 2 aromatic carbocycles. The highest BCUT2D eigenvalue weighted by molar-refractivity contribution is 5.77. The molecule has 21 heavy (non-hydrogen) atoms. The van der Waals surface area contributed by atoms with Crippen LogP contribution in [0.25, 0.3) is 11.0 Å². The van der Waals surface area contributed by atoms with Crippen LogP contribution in [-0.4, -0.2) is 7.05 Å². The molecular formula is C17H15F2NO. The van der Waals surface area contributed by atoms with E-state index in [1.807, 2.05) is 30.3 Å². The lowest BCUT2D eigenvalue weighted by Crippen LogP contribution is -2.18. The van der Waals surface area contributed by atoms with Gasteiger partial charge in [0.25, 0.3) is 0 Å². The minimum absolute atomic E-state index is 0.169. The van der Waals surface area contributed by atoms with E-state index in [2.05, 4.69) is 5.32 Å². The lowest BCUT2D eigenvalue weighted by molar-refractivity contribution is 0.444. The summed E-state index contributed by atoms with van der Waals surface area (Å²) in [6, 6.07) is 13.1. The summed E-state index contributed by atoms with van der Waals surface area (Å²) in [6.07, 6.45) is 0.391. The number of nitrogens with one attached hydrogen (secondary N) is 1. The lowest BCUT2D eigenvalue weighted by Gasteiger charge is -2.14. The maximum atomic E-state index is 13.8. The Morgan fingerprint density at radius 2 is 1.90 bits per heavy atom. The predicted octanol–water partition coefficient (Wildman–Crippen LogP) is 4.21.